The van der Waals surface area contributed by atoms with Gasteiger partial charge in [-0.25, -0.2) is 4.79 Å². The topological polar surface area (TPSA) is 81.2 Å². The summed E-state index contributed by atoms with van der Waals surface area (Å²) in [6.07, 6.45) is 1.44. The number of aromatic amines is 1. The van der Waals surface area contributed by atoms with Gasteiger partial charge in [0.2, 0.25) is 0 Å². The van der Waals surface area contributed by atoms with Crippen LogP contribution >= 0.6 is 0 Å². The lowest BCUT2D eigenvalue weighted by atomic mass is 10.2. The molecule has 17 heavy (non-hydrogen) atoms. The monoisotopic (exact) mass is 240 g/mol. The molecule has 0 amide bonds. The second-order valence-electron chi connectivity index (χ2n) is 3.88. The van der Waals surface area contributed by atoms with Crippen LogP contribution in [0.3, 0.4) is 0 Å². The summed E-state index contributed by atoms with van der Waals surface area (Å²) in [6.45, 7) is 5.49. The molecule has 1 aromatic rings. The highest BCUT2D eigenvalue weighted by Gasteiger charge is 2.15. The van der Waals surface area contributed by atoms with Crippen LogP contribution in [0.25, 0.3) is 0 Å². The summed E-state index contributed by atoms with van der Waals surface area (Å²) >= 11 is 0. The van der Waals surface area contributed by atoms with Gasteiger partial charge in [0.1, 0.15) is 0 Å². The summed E-state index contributed by atoms with van der Waals surface area (Å²) in [5, 5.41) is 0. The average Bonchev–Trinajstić information content (AvgIpc) is 2.26. The van der Waals surface area contributed by atoms with E-state index >= 15 is 0 Å². The standard InChI is InChI=1S/C11H16N2O4/c1-4-17-10(15)8(3)6-13-5-7(2)9(14)12-11(13)16/h5,8H,4,6H2,1-3H3,(H,12,14,16). The third-order valence-electron chi connectivity index (χ3n) is 2.35. The molecule has 0 saturated heterocycles. The van der Waals surface area contributed by atoms with Crippen molar-refractivity contribution in [1.29, 1.82) is 0 Å². The van der Waals surface area contributed by atoms with Gasteiger partial charge in [0.25, 0.3) is 5.56 Å². The molecular formula is C11H16N2O4. The van der Waals surface area contributed by atoms with E-state index in [1.54, 1.807) is 20.8 Å². The molecule has 1 N–H and O–H groups in total. The van der Waals surface area contributed by atoms with Gasteiger partial charge in [0.15, 0.2) is 0 Å². The minimum Gasteiger partial charge on any atom is -0.466 e. The number of H-pyrrole nitrogens is 1. The van der Waals surface area contributed by atoms with Crippen LogP contribution in [0.4, 0.5) is 0 Å². The molecule has 94 valence electrons. The first-order chi connectivity index (χ1) is 7.95. The number of ether oxygens (including phenoxy) is 1. The van der Waals surface area contributed by atoms with E-state index in [9.17, 15) is 14.4 Å². The van der Waals surface area contributed by atoms with Crippen molar-refractivity contribution in [1.82, 2.24) is 9.55 Å². The van der Waals surface area contributed by atoms with Gasteiger partial charge in [0, 0.05) is 18.3 Å². The van der Waals surface area contributed by atoms with Crippen LogP contribution in [0.1, 0.15) is 19.4 Å². The molecule has 0 saturated carbocycles. The summed E-state index contributed by atoms with van der Waals surface area (Å²) in [5.74, 6) is -0.791. The van der Waals surface area contributed by atoms with E-state index in [1.807, 2.05) is 0 Å². The number of aryl methyl sites for hydroxylation is 1. The number of rotatable bonds is 4. The second kappa shape index (κ2) is 5.47. The van der Waals surface area contributed by atoms with Gasteiger partial charge in [-0.15, -0.1) is 0 Å². The van der Waals surface area contributed by atoms with Gasteiger partial charge in [-0.1, -0.05) is 6.92 Å². The summed E-state index contributed by atoms with van der Waals surface area (Å²) in [5.41, 5.74) is -0.493. The molecule has 0 spiro atoms. The summed E-state index contributed by atoms with van der Waals surface area (Å²) < 4.78 is 6.15. The van der Waals surface area contributed by atoms with E-state index < -0.39 is 17.2 Å². The first-order valence-electron chi connectivity index (χ1n) is 5.42. The number of nitrogens with one attached hydrogen (secondary N) is 1. The van der Waals surface area contributed by atoms with E-state index in [2.05, 4.69) is 4.98 Å². The Kier molecular flexibility index (Phi) is 4.25. The fourth-order valence-electron chi connectivity index (χ4n) is 1.41. The molecule has 0 aliphatic carbocycles. The van der Waals surface area contributed by atoms with Gasteiger partial charge < -0.3 is 4.74 Å². The Labute approximate surface area is 98.2 Å². The average molecular weight is 240 g/mol. The van der Waals surface area contributed by atoms with Crippen LogP contribution in [0, 0.1) is 12.8 Å². The Morgan fingerprint density at radius 3 is 2.76 bits per heavy atom. The molecule has 0 fully saturated rings. The van der Waals surface area contributed by atoms with Crippen molar-refractivity contribution >= 4 is 5.97 Å². The molecule has 6 nitrogen and oxygen atoms in total. The lowest BCUT2D eigenvalue weighted by Gasteiger charge is -2.12. The molecule has 1 heterocycles. The van der Waals surface area contributed by atoms with Crippen molar-refractivity contribution in [3.05, 3.63) is 32.6 Å². The van der Waals surface area contributed by atoms with E-state index in [0.29, 0.717) is 12.2 Å². The van der Waals surface area contributed by atoms with Crippen LogP contribution in [-0.4, -0.2) is 22.1 Å². The van der Waals surface area contributed by atoms with Crippen LogP contribution in [-0.2, 0) is 16.1 Å². The maximum atomic E-state index is 11.5. The molecule has 0 aliphatic rings. The Hall–Kier alpha value is -1.85. The highest BCUT2D eigenvalue weighted by molar-refractivity contribution is 5.71. The molecule has 6 heteroatoms. The predicted molar refractivity (Wildman–Crippen MR) is 61.9 cm³/mol. The van der Waals surface area contributed by atoms with Gasteiger partial charge in [-0.3, -0.25) is 19.1 Å². The van der Waals surface area contributed by atoms with Crippen LogP contribution < -0.4 is 11.2 Å². The Bertz CT molecular complexity index is 515. The molecular weight excluding hydrogens is 224 g/mol. The summed E-state index contributed by atoms with van der Waals surface area (Å²) in [4.78, 5) is 36.2. The van der Waals surface area contributed by atoms with E-state index in [0.717, 1.165) is 0 Å². The molecule has 1 aromatic heterocycles. The third-order valence-corrected chi connectivity index (χ3v) is 2.35. The molecule has 1 atom stereocenters. The number of nitrogens with zero attached hydrogens (tertiary/aromatic N) is 1. The Morgan fingerprint density at radius 1 is 1.53 bits per heavy atom. The van der Waals surface area contributed by atoms with Crippen LogP contribution in [0.2, 0.25) is 0 Å². The molecule has 1 unspecified atom stereocenters. The van der Waals surface area contributed by atoms with Gasteiger partial charge >= 0.3 is 11.7 Å². The van der Waals surface area contributed by atoms with Crippen LogP contribution in [0.5, 0.6) is 0 Å². The van der Waals surface area contributed by atoms with E-state index in [-0.39, 0.29) is 12.5 Å². The van der Waals surface area contributed by atoms with Gasteiger partial charge in [-0.2, -0.15) is 0 Å². The SMILES string of the molecule is CCOC(=O)C(C)Cn1cc(C)c(=O)[nH]c1=O. The lowest BCUT2D eigenvalue weighted by Crippen LogP contribution is -2.33. The zero-order valence-corrected chi connectivity index (χ0v) is 10.1. The number of hydrogen-bond donors (Lipinski definition) is 1. The summed E-state index contributed by atoms with van der Waals surface area (Å²) in [7, 11) is 0. The van der Waals surface area contributed by atoms with Crippen molar-refractivity contribution in [2.24, 2.45) is 5.92 Å². The maximum Gasteiger partial charge on any atom is 0.328 e. The second-order valence-corrected chi connectivity index (χ2v) is 3.88. The normalized spacial score (nSPS) is 12.2. The number of hydrogen-bond acceptors (Lipinski definition) is 4. The highest BCUT2D eigenvalue weighted by Crippen LogP contribution is 2.01. The van der Waals surface area contributed by atoms with Gasteiger partial charge in [0.05, 0.1) is 12.5 Å². The molecule has 0 aliphatic heterocycles. The first kappa shape index (κ1) is 13.2. The number of aromatic nitrogens is 2. The number of carbonyl (C=O) groups excluding carboxylic acids is 1. The maximum absolute atomic E-state index is 11.5. The minimum atomic E-state index is -0.517. The molecule has 0 bridgehead atoms. The van der Waals surface area contributed by atoms with Crippen molar-refractivity contribution in [3.63, 3.8) is 0 Å². The Morgan fingerprint density at radius 2 is 2.18 bits per heavy atom. The summed E-state index contributed by atoms with van der Waals surface area (Å²) in [6, 6.07) is 0. The molecule has 0 radical (unpaired) electrons. The number of carbonyl (C=O) groups is 1. The van der Waals surface area contributed by atoms with E-state index in [1.165, 1.54) is 10.8 Å². The van der Waals surface area contributed by atoms with Crippen molar-refractivity contribution in [3.8, 4) is 0 Å². The highest BCUT2D eigenvalue weighted by atomic mass is 16.5. The predicted octanol–water partition coefficient (Wildman–Crippen LogP) is 0.0442. The van der Waals surface area contributed by atoms with E-state index in [4.69, 9.17) is 4.74 Å². The smallest absolute Gasteiger partial charge is 0.328 e. The quantitative estimate of drug-likeness (QED) is 0.754. The van der Waals surface area contributed by atoms with Crippen LogP contribution in [0.15, 0.2) is 15.8 Å². The van der Waals surface area contributed by atoms with Crippen molar-refractivity contribution in [2.45, 2.75) is 27.3 Å². The molecule has 0 aromatic carbocycles. The minimum absolute atomic E-state index is 0.190. The lowest BCUT2D eigenvalue weighted by molar-refractivity contribution is -0.147. The fraction of sp³-hybridized carbons (Fsp3) is 0.545. The zero-order chi connectivity index (χ0) is 13.0. The van der Waals surface area contributed by atoms with Crippen molar-refractivity contribution < 1.29 is 9.53 Å². The first-order valence-corrected chi connectivity index (χ1v) is 5.42. The zero-order valence-electron chi connectivity index (χ0n) is 10.1. The Balaban J connectivity index is 2.89. The third kappa shape index (κ3) is 3.30. The molecule has 1 rings (SSSR count). The fourth-order valence-corrected chi connectivity index (χ4v) is 1.41. The van der Waals surface area contributed by atoms with Crippen molar-refractivity contribution in [2.75, 3.05) is 6.61 Å². The number of esters is 1. The largest absolute Gasteiger partial charge is 0.466 e. The van der Waals surface area contributed by atoms with Gasteiger partial charge in [-0.05, 0) is 13.8 Å².